The molecule has 0 spiro atoms. The lowest BCUT2D eigenvalue weighted by Crippen LogP contribution is -2.39. The van der Waals surface area contributed by atoms with Crippen LogP contribution in [0.25, 0.3) is 0 Å². The molecule has 1 heterocycles. The van der Waals surface area contributed by atoms with E-state index in [9.17, 15) is 0 Å². The highest BCUT2D eigenvalue weighted by atomic mass is 32.2. The molecule has 19 heavy (non-hydrogen) atoms. The van der Waals surface area contributed by atoms with Crippen molar-refractivity contribution in [1.82, 2.24) is 5.32 Å². The molecule has 104 valence electrons. The molecule has 0 radical (unpaired) electrons. The van der Waals surface area contributed by atoms with E-state index in [1.165, 1.54) is 38.0 Å². The summed E-state index contributed by atoms with van der Waals surface area (Å²) in [6.07, 6.45) is 5.48. The van der Waals surface area contributed by atoms with Gasteiger partial charge in [-0.2, -0.15) is 11.8 Å². The van der Waals surface area contributed by atoms with Crippen LogP contribution >= 0.6 is 11.8 Å². The predicted octanol–water partition coefficient (Wildman–Crippen LogP) is 4.05. The van der Waals surface area contributed by atoms with Gasteiger partial charge in [0.15, 0.2) is 0 Å². The molecule has 4 atom stereocenters. The maximum atomic E-state index is 3.85. The van der Waals surface area contributed by atoms with Crippen LogP contribution in [0.2, 0.25) is 0 Å². The van der Waals surface area contributed by atoms with Crippen molar-refractivity contribution in [2.24, 2.45) is 5.92 Å². The van der Waals surface area contributed by atoms with Crippen LogP contribution in [0.4, 0.5) is 0 Å². The summed E-state index contributed by atoms with van der Waals surface area (Å²) in [5.41, 5.74) is 1.55. The highest BCUT2D eigenvalue weighted by Crippen LogP contribution is 2.52. The van der Waals surface area contributed by atoms with E-state index in [0.717, 1.165) is 23.1 Å². The van der Waals surface area contributed by atoms with Crippen LogP contribution < -0.4 is 5.32 Å². The maximum Gasteiger partial charge on any atom is 0.0220 e. The van der Waals surface area contributed by atoms with E-state index in [1.807, 2.05) is 0 Å². The molecule has 1 N–H and O–H groups in total. The average Bonchev–Trinajstić information content (AvgIpc) is 3.05. The van der Waals surface area contributed by atoms with Gasteiger partial charge in [-0.05, 0) is 55.4 Å². The van der Waals surface area contributed by atoms with Crippen LogP contribution in [-0.4, -0.2) is 23.6 Å². The van der Waals surface area contributed by atoms with Crippen molar-refractivity contribution in [3.63, 3.8) is 0 Å². The van der Waals surface area contributed by atoms with Gasteiger partial charge in [-0.15, -0.1) is 0 Å². The minimum atomic E-state index is 0.748. The van der Waals surface area contributed by atoms with Gasteiger partial charge in [0.1, 0.15) is 0 Å². The van der Waals surface area contributed by atoms with Gasteiger partial charge in [0.05, 0.1) is 0 Å². The minimum absolute atomic E-state index is 0.748. The normalized spacial score (nSPS) is 31.3. The lowest BCUT2D eigenvalue weighted by atomic mass is 10.0. The second-order valence-electron chi connectivity index (χ2n) is 5.95. The Bertz CT molecular complexity index is 386. The summed E-state index contributed by atoms with van der Waals surface area (Å²) >= 11 is 2.20. The third-order valence-corrected chi connectivity index (χ3v) is 6.01. The first-order chi connectivity index (χ1) is 9.40. The van der Waals surface area contributed by atoms with Crippen LogP contribution in [-0.2, 0) is 0 Å². The molecule has 1 aliphatic carbocycles. The highest BCUT2D eigenvalue weighted by Gasteiger charge is 2.46. The first kappa shape index (κ1) is 13.5. The molecule has 0 aromatic heterocycles. The van der Waals surface area contributed by atoms with E-state index in [4.69, 9.17) is 0 Å². The van der Waals surface area contributed by atoms with Crippen molar-refractivity contribution in [1.29, 1.82) is 0 Å². The Kier molecular flexibility index (Phi) is 4.49. The lowest BCUT2D eigenvalue weighted by Gasteiger charge is -2.24. The zero-order chi connectivity index (χ0) is 13.1. The Morgan fingerprint density at radius 2 is 2.16 bits per heavy atom. The van der Waals surface area contributed by atoms with Gasteiger partial charge in [-0.25, -0.2) is 0 Å². The Morgan fingerprint density at radius 1 is 1.32 bits per heavy atom. The molecule has 1 saturated carbocycles. The van der Waals surface area contributed by atoms with Gasteiger partial charge in [-0.3, -0.25) is 0 Å². The smallest absolute Gasteiger partial charge is 0.0220 e. The fourth-order valence-electron chi connectivity index (χ4n) is 3.45. The number of hydrogen-bond acceptors (Lipinski definition) is 2. The quantitative estimate of drug-likeness (QED) is 0.840. The highest BCUT2D eigenvalue weighted by molar-refractivity contribution is 8.00. The van der Waals surface area contributed by atoms with Crippen LogP contribution in [0.1, 0.15) is 44.1 Å². The van der Waals surface area contributed by atoms with Crippen LogP contribution in [0.5, 0.6) is 0 Å². The van der Waals surface area contributed by atoms with E-state index in [2.05, 4.69) is 54.3 Å². The first-order valence-electron chi connectivity index (χ1n) is 7.80. The number of benzene rings is 1. The third-order valence-electron chi connectivity index (χ3n) is 4.52. The molecular formula is C17H25NS. The molecule has 3 rings (SSSR count). The van der Waals surface area contributed by atoms with Gasteiger partial charge in [-0.1, -0.05) is 37.3 Å². The van der Waals surface area contributed by atoms with Crippen molar-refractivity contribution in [3.05, 3.63) is 35.9 Å². The fourth-order valence-corrected chi connectivity index (χ4v) is 4.93. The van der Waals surface area contributed by atoms with Crippen LogP contribution in [0.3, 0.4) is 0 Å². The largest absolute Gasteiger partial charge is 0.313 e. The van der Waals surface area contributed by atoms with Gasteiger partial charge >= 0.3 is 0 Å². The molecule has 4 unspecified atom stereocenters. The van der Waals surface area contributed by atoms with E-state index >= 15 is 0 Å². The second-order valence-corrected chi connectivity index (χ2v) is 7.30. The Balaban J connectivity index is 1.64. The molecule has 1 saturated heterocycles. The van der Waals surface area contributed by atoms with E-state index in [-0.39, 0.29) is 0 Å². The van der Waals surface area contributed by atoms with Crippen molar-refractivity contribution in [2.45, 2.75) is 49.8 Å². The molecule has 1 aromatic rings. The zero-order valence-electron chi connectivity index (χ0n) is 11.8. The number of hydrogen-bond donors (Lipinski definition) is 1. The SMILES string of the molecule is CCCNC(C1CCCS1)C1CC1c1ccccc1. The topological polar surface area (TPSA) is 12.0 Å². The molecule has 0 bridgehead atoms. The zero-order valence-corrected chi connectivity index (χ0v) is 12.7. The molecule has 0 amide bonds. The molecule has 2 aliphatic rings. The fraction of sp³-hybridized carbons (Fsp3) is 0.647. The molecule has 1 aliphatic heterocycles. The molecular weight excluding hydrogens is 250 g/mol. The first-order valence-corrected chi connectivity index (χ1v) is 8.85. The molecule has 1 aromatic carbocycles. The number of thioether (sulfide) groups is 1. The molecule has 2 heteroatoms. The minimum Gasteiger partial charge on any atom is -0.313 e. The molecule has 1 nitrogen and oxygen atoms in total. The molecule has 2 fully saturated rings. The van der Waals surface area contributed by atoms with E-state index < -0.39 is 0 Å². The summed E-state index contributed by atoms with van der Waals surface area (Å²) in [5.74, 6) is 3.07. The lowest BCUT2D eigenvalue weighted by molar-refractivity contribution is 0.434. The van der Waals surface area contributed by atoms with Crippen molar-refractivity contribution < 1.29 is 0 Å². The van der Waals surface area contributed by atoms with Gasteiger partial charge < -0.3 is 5.32 Å². The van der Waals surface area contributed by atoms with Gasteiger partial charge in [0, 0.05) is 11.3 Å². The summed E-state index contributed by atoms with van der Waals surface area (Å²) < 4.78 is 0. The van der Waals surface area contributed by atoms with Crippen molar-refractivity contribution in [3.8, 4) is 0 Å². The van der Waals surface area contributed by atoms with E-state index in [0.29, 0.717) is 0 Å². The van der Waals surface area contributed by atoms with Crippen molar-refractivity contribution in [2.75, 3.05) is 12.3 Å². The number of nitrogens with one attached hydrogen (secondary N) is 1. The predicted molar refractivity (Wildman–Crippen MR) is 84.9 cm³/mol. The average molecular weight is 275 g/mol. The Morgan fingerprint density at radius 3 is 2.84 bits per heavy atom. The van der Waals surface area contributed by atoms with Crippen molar-refractivity contribution >= 4 is 11.8 Å². The van der Waals surface area contributed by atoms with Gasteiger partial charge in [0.2, 0.25) is 0 Å². The third kappa shape index (κ3) is 3.17. The van der Waals surface area contributed by atoms with Crippen LogP contribution in [0, 0.1) is 5.92 Å². The summed E-state index contributed by atoms with van der Waals surface area (Å²) in [6, 6.07) is 11.9. The summed E-state index contributed by atoms with van der Waals surface area (Å²) in [5, 5.41) is 4.72. The second kappa shape index (κ2) is 6.32. The van der Waals surface area contributed by atoms with Gasteiger partial charge in [0.25, 0.3) is 0 Å². The summed E-state index contributed by atoms with van der Waals surface area (Å²) in [7, 11) is 0. The summed E-state index contributed by atoms with van der Waals surface area (Å²) in [6.45, 7) is 3.45. The monoisotopic (exact) mass is 275 g/mol. The Hall–Kier alpha value is -0.470. The van der Waals surface area contributed by atoms with E-state index in [1.54, 1.807) is 5.56 Å². The maximum absolute atomic E-state index is 3.85. The summed E-state index contributed by atoms with van der Waals surface area (Å²) in [4.78, 5) is 0. The number of rotatable bonds is 6. The van der Waals surface area contributed by atoms with Crippen LogP contribution in [0.15, 0.2) is 30.3 Å². The Labute approximate surface area is 121 Å². The standard InChI is InChI=1S/C17H25NS/c1-2-10-18-17(16-9-6-11-19-16)15-12-14(15)13-7-4-3-5-8-13/h3-5,7-8,14-18H,2,6,9-12H2,1H3.